The van der Waals surface area contributed by atoms with Crippen LogP contribution in [-0.2, 0) is 0 Å². The molecule has 9 heavy (non-hydrogen) atoms. The lowest BCUT2D eigenvalue weighted by atomic mass is 9.99. The van der Waals surface area contributed by atoms with Gasteiger partial charge in [0, 0.05) is 5.54 Å². The van der Waals surface area contributed by atoms with E-state index in [4.69, 9.17) is 5.73 Å². The highest BCUT2D eigenvalue weighted by Crippen LogP contribution is 2.38. The third kappa shape index (κ3) is 1.25. The van der Waals surface area contributed by atoms with Crippen molar-refractivity contribution in [2.24, 2.45) is 11.7 Å². The molecule has 1 saturated carbocycles. The topological polar surface area (TPSA) is 46.2 Å². The minimum Gasteiger partial charge on any atom is -0.391 e. The van der Waals surface area contributed by atoms with Crippen molar-refractivity contribution < 1.29 is 5.11 Å². The molecule has 0 heterocycles. The summed E-state index contributed by atoms with van der Waals surface area (Å²) in [7, 11) is 0. The molecule has 3 N–H and O–H groups in total. The smallest absolute Gasteiger partial charge is 0.0742 e. The molecule has 1 rings (SSSR count). The van der Waals surface area contributed by atoms with E-state index < -0.39 is 0 Å². The number of aliphatic hydroxyl groups is 1. The lowest BCUT2D eigenvalue weighted by Crippen LogP contribution is -2.40. The Morgan fingerprint density at radius 3 is 2.00 bits per heavy atom. The molecule has 1 unspecified atom stereocenters. The highest BCUT2D eigenvalue weighted by molar-refractivity contribution is 5.05. The predicted octanol–water partition coefficient (Wildman–Crippen LogP) is 0.495. The maximum Gasteiger partial charge on any atom is 0.0742 e. The number of rotatable bonds is 2. The summed E-state index contributed by atoms with van der Waals surface area (Å²) < 4.78 is 0. The average molecular weight is 129 g/mol. The lowest BCUT2D eigenvalue weighted by Gasteiger charge is -2.20. The van der Waals surface area contributed by atoms with Crippen molar-refractivity contribution >= 4 is 0 Å². The van der Waals surface area contributed by atoms with Crippen LogP contribution in [0.2, 0.25) is 0 Å². The predicted molar refractivity (Wildman–Crippen MR) is 37.0 cm³/mol. The molecule has 1 atom stereocenters. The molecule has 1 aliphatic rings. The second-order valence-electron chi connectivity index (χ2n) is 3.42. The van der Waals surface area contributed by atoms with Gasteiger partial charge in [0.25, 0.3) is 0 Å². The zero-order chi connectivity index (χ0) is 7.07. The van der Waals surface area contributed by atoms with E-state index in [1.807, 2.05) is 13.8 Å². The van der Waals surface area contributed by atoms with Crippen LogP contribution >= 0.6 is 0 Å². The zero-order valence-corrected chi connectivity index (χ0v) is 6.09. The minimum absolute atomic E-state index is 0.214. The molecule has 0 aliphatic heterocycles. The van der Waals surface area contributed by atoms with Crippen LogP contribution in [0.4, 0.5) is 0 Å². The number of nitrogens with two attached hydrogens (primary N) is 1. The fourth-order valence-electron chi connectivity index (χ4n) is 1.10. The van der Waals surface area contributed by atoms with Gasteiger partial charge in [-0.2, -0.15) is 0 Å². The second kappa shape index (κ2) is 1.96. The third-order valence-corrected chi connectivity index (χ3v) is 2.05. The van der Waals surface area contributed by atoms with Crippen LogP contribution in [0.5, 0.6) is 0 Å². The first-order chi connectivity index (χ1) is 4.06. The van der Waals surface area contributed by atoms with Gasteiger partial charge >= 0.3 is 0 Å². The number of aliphatic hydroxyl groups excluding tert-OH is 1. The van der Waals surface area contributed by atoms with Crippen LogP contribution in [-0.4, -0.2) is 16.7 Å². The molecule has 0 aromatic heterocycles. The first-order valence-corrected chi connectivity index (χ1v) is 3.53. The van der Waals surface area contributed by atoms with Crippen molar-refractivity contribution in [3.05, 3.63) is 0 Å². The summed E-state index contributed by atoms with van der Waals surface area (Å²) in [4.78, 5) is 0. The van der Waals surface area contributed by atoms with E-state index in [2.05, 4.69) is 0 Å². The first-order valence-electron chi connectivity index (χ1n) is 3.53. The summed E-state index contributed by atoms with van der Waals surface area (Å²) in [5.74, 6) is 0.303. The summed E-state index contributed by atoms with van der Waals surface area (Å²) in [6.07, 6.45) is 1.69. The van der Waals surface area contributed by atoms with Gasteiger partial charge in [-0.3, -0.25) is 0 Å². The van der Waals surface area contributed by atoms with E-state index in [9.17, 15) is 5.11 Å². The van der Waals surface area contributed by atoms with E-state index in [0.29, 0.717) is 5.92 Å². The fraction of sp³-hybridized carbons (Fsp3) is 1.00. The third-order valence-electron chi connectivity index (χ3n) is 2.05. The second-order valence-corrected chi connectivity index (χ2v) is 3.42. The van der Waals surface area contributed by atoms with Crippen molar-refractivity contribution in [3.8, 4) is 0 Å². The van der Waals surface area contributed by atoms with Crippen molar-refractivity contribution in [2.75, 3.05) is 0 Å². The van der Waals surface area contributed by atoms with Crippen molar-refractivity contribution in [3.63, 3.8) is 0 Å². The highest BCUT2D eigenvalue weighted by atomic mass is 16.3. The Morgan fingerprint density at radius 1 is 1.44 bits per heavy atom. The quantitative estimate of drug-likeness (QED) is 0.570. The van der Waals surface area contributed by atoms with E-state index in [0.717, 1.165) is 12.8 Å². The van der Waals surface area contributed by atoms with Crippen LogP contribution in [0.25, 0.3) is 0 Å². The van der Waals surface area contributed by atoms with Gasteiger partial charge in [0.15, 0.2) is 0 Å². The number of hydrogen-bond donors (Lipinski definition) is 2. The Bertz CT molecular complexity index is 107. The molecule has 54 valence electrons. The van der Waals surface area contributed by atoms with Crippen LogP contribution in [0, 0.1) is 5.92 Å². The van der Waals surface area contributed by atoms with Gasteiger partial charge in [-0.05, 0) is 18.8 Å². The Labute approximate surface area is 56.1 Å². The molecule has 0 amide bonds. The van der Waals surface area contributed by atoms with E-state index >= 15 is 0 Å². The van der Waals surface area contributed by atoms with Crippen molar-refractivity contribution in [1.82, 2.24) is 0 Å². The molecule has 0 aromatic rings. The Morgan fingerprint density at radius 2 is 1.89 bits per heavy atom. The van der Waals surface area contributed by atoms with Gasteiger partial charge in [0.1, 0.15) is 0 Å². The highest BCUT2D eigenvalue weighted by Gasteiger charge is 2.46. The van der Waals surface area contributed by atoms with Crippen LogP contribution in [0.1, 0.15) is 26.7 Å². The molecular formula is C7H15NO. The molecule has 2 heteroatoms. The van der Waals surface area contributed by atoms with Gasteiger partial charge in [-0.15, -0.1) is 0 Å². The molecule has 2 nitrogen and oxygen atoms in total. The van der Waals surface area contributed by atoms with E-state index in [1.165, 1.54) is 0 Å². The Balaban J connectivity index is 2.42. The van der Waals surface area contributed by atoms with E-state index in [-0.39, 0.29) is 11.6 Å². The van der Waals surface area contributed by atoms with Crippen LogP contribution in [0.3, 0.4) is 0 Å². The van der Waals surface area contributed by atoms with Gasteiger partial charge in [-0.25, -0.2) is 0 Å². The summed E-state index contributed by atoms with van der Waals surface area (Å²) in [6.45, 7) is 4.00. The molecule has 0 spiro atoms. The summed E-state index contributed by atoms with van der Waals surface area (Å²) in [5.41, 5.74) is 5.53. The number of hydrogen-bond acceptors (Lipinski definition) is 2. The molecule has 0 aromatic carbocycles. The van der Waals surface area contributed by atoms with E-state index in [1.54, 1.807) is 0 Å². The molecular weight excluding hydrogens is 114 g/mol. The average Bonchev–Trinajstić information content (AvgIpc) is 2.47. The lowest BCUT2D eigenvalue weighted by molar-refractivity contribution is 0.0884. The molecule has 1 fully saturated rings. The van der Waals surface area contributed by atoms with Crippen LogP contribution in [0.15, 0.2) is 0 Å². The fourth-order valence-corrected chi connectivity index (χ4v) is 1.10. The first kappa shape index (κ1) is 7.03. The molecule has 0 radical (unpaired) electrons. The van der Waals surface area contributed by atoms with Gasteiger partial charge < -0.3 is 10.8 Å². The standard InChI is InChI=1S/C7H15NO/c1-5(2)6(9)7(8)3-4-7/h5-6,9H,3-4,8H2,1-2H3. The van der Waals surface area contributed by atoms with Crippen molar-refractivity contribution in [2.45, 2.75) is 38.3 Å². The summed E-state index contributed by atoms with van der Waals surface area (Å²) in [5, 5.41) is 9.40. The normalized spacial score (nSPS) is 26.3. The van der Waals surface area contributed by atoms with Crippen LogP contribution < -0.4 is 5.73 Å². The minimum atomic E-state index is -0.294. The monoisotopic (exact) mass is 129 g/mol. The Kier molecular flexibility index (Phi) is 1.53. The summed E-state index contributed by atoms with van der Waals surface area (Å²) >= 11 is 0. The largest absolute Gasteiger partial charge is 0.391 e. The molecule has 0 bridgehead atoms. The molecule has 0 saturated heterocycles. The van der Waals surface area contributed by atoms with Gasteiger partial charge in [0.2, 0.25) is 0 Å². The maximum absolute atomic E-state index is 9.40. The van der Waals surface area contributed by atoms with Gasteiger partial charge in [-0.1, -0.05) is 13.8 Å². The summed E-state index contributed by atoms with van der Waals surface area (Å²) in [6, 6.07) is 0. The molecule has 1 aliphatic carbocycles. The van der Waals surface area contributed by atoms with Gasteiger partial charge in [0.05, 0.1) is 6.10 Å². The van der Waals surface area contributed by atoms with Crippen molar-refractivity contribution in [1.29, 1.82) is 0 Å². The zero-order valence-electron chi connectivity index (χ0n) is 6.09. The Hall–Kier alpha value is -0.0800. The maximum atomic E-state index is 9.40. The SMILES string of the molecule is CC(C)C(O)C1(N)CC1.